The van der Waals surface area contributed by atoms with Crippen molar-refractivity contribution in [3.05, 3.63) is 77.7 Å². The van der Waals surface area contributed by atoms with Crippen LogP contribution in [0.5, 0.6) is 5.75 Å². The number of amides is 1. The minimum atomic E-state index is 0.123. The zero-order valence-electron chi connectivity index (χ0n) is 21.6. The number of hydrogen-bond donors (Lipinski definition) is 1. The lowest BCUT2D eigenvalue weighted by Gasteiger charge is -2.11. The number of ether oxygens (including phenoxy) is 1. The Morgan fingerprint density at radius 1 is 1.18 bits per heavy atom. The number of nitrogens with one attached hydrogen (secondary N) is 1. The fourth-order valence-corrected chi connectivity index (χ4v) is 3.33. The number of aromatic amines is 1. The number of hydrogen-bond acceptors (Lipinski definition) is 3. The lowest BCUT2D eigenvalue weighted by molar-refractivity contribution is -0.128. The average molecular weight is 465 g/mol. The van der Waals surface area contributed by atoms with Crippen molar-refractivity contribution in [1.82, 2.24) is 9.88 Å². The molecule has 2 aromatic rings. The van der Waals surface area contributed by atoms with Gasteiger partial charge in [-0.3, -0.25) is 4.79 Å². The molecule has 0 aliphatic carbocycles. The van der Waals surface area contributed by atoms with Gasteiger partial charge >= 0.3 is 0 Å². The molecule has 5 nitrogen and oxygen atoms in total. The molecule has 0 saturated carbocycles. The van der Waals surface area contributed by atoms with Gasteiger partial charge in [-0.25, -0.2) is 0 Å². The van der Waals surface area contributed by atoms with E-state index in [0.717, 1.165) is 47.3 Å². The lowest BCUT2D eigenvalue weighted by Crippen LogP contribution is -2.21. The van der Waals surface area contributed by atoms with E-state index in [1.165, 1.54) is 18.2 Å². The molecule has 0 radical (unpaired) electrons. The van der Waals surface area contributed by atoms with Crippen molar-refractivity contribution >= 4 is 23.3 Å². The second kappa shape index (κ2) is 15.5. The molecule has 0 unspecified atom stereocenters. The highest BCUT2D eigenvalue weighted by Gasteiger charge is 2.08. The van der Waals surface area contributed by atoms with Crippen LogP contribution >= 0.6 is 0 Å². The van der Waals surface area contributed by atoms with Crippen molar-refractivity contribution in [1.29, 1.82) is 0 Å². The fourth-order valence-electron chi connectivity index (χ4n) is 3.33. The molecule has 0 spiro atoms. The molecule has 0 atom stereocenters. The first-order chi connectivity index (χ1) is 16.3. The number of nitrogens with zero attached hydrogens (tertiary/aromatic N) is 1. The average Bonchev–Trinajstić information content (AvgIpc) is 3.17. The van der Waals surface area contributed by atoms with E-state index in [4.69, 9.17) is 9.53 Å². The Balaban J connectivity index is 0.00000182. The number of carbonyl (C=O) groups is 2. The Morgan fingerprint density at radius 2 is 1.82 bits per heavy atom. The van der Waals surface area contributed by atoms with Crippen LogP contribution in [0.15, 0.2) is 55.1 Å². The minimum absolute atomic E-state index is 0.123. The van der Waals surface area contributed by atoms with Gasteiger partial charge in [0.15, 0.2) is 0 Å². The Kier molecular flexibility index (Phi) is 13.1. The molecule has 0 aliphatic rings. The highest BCUT2D eigenvalue weighted by Crippen LogP contribution is 2.25. The van der Waals surface area contributed by atoms with Gasteiger partial charge in [-0.2, -0.15) is 0 Å². The summed E-state index contributed by atoms with van der Waals surface area (Å²) >= 11 is 0. The van der Waals surface area contributed by atoms with Crippen molar-refractivity contribution in [3.8, 4) is 5.75 Å². The molecule has 1 aromatic carbocycles. The number of H-pyrrole nitrogens is 1. The molecule has 5 heteroatoms. The third kappa shape index (κ3) is 9.65. The summed E-state index contributed by atoms with van der Waals surface area (Å²) in [6.07, 6.45) is 10.4. The Labute approximate surface area is 205 Å². The maximum atomic E-state index is 11.6. The van der Waals surface area contributed by atoms with Crippen molar-refractivity contribution in [2.24, 2.45) is 0 Å². The molecule has 1 N–H and O–H groups in total. The number of allylic oxidation sites excluding steroid dienone is 5. The van der Waals surface area contributed by atoms with Gasteiger partial charge in [0.05, 0.1) is 6.61 Å². The van der Waals surface area contributed by atoms with E-state index >= 15 is 0 Å². The quantitative estimate of drug-likeness (QED) is 0.238. The number of aldehydes is 1. The van der Waals surface area contributed by atoms with E-state index < -0.39 is 0 Å². The highest BCUT2D eigenvalue weighted by atomic mass is 16.5. The molecule has 34 heavy (non-hydrogen) atoms. The van der Waals surface area contributed by atoms with Gasteiger partial charge in [-0.1, -0.05) is 44.2 Å². The van der Waals surface area contributed by atoms with E-state index in [9.17, 15) is 4.79 Å². The molecule has 0 aliphatic heterocycles. The van der Waals surface area contributed by atoms with Crippen LogP contribution in [0.1, 0.15) is 62.5 Å². The third-order valence-corrected chi connectivity index (χ3v) is 5.14. The number of rotatable bonds is 11. The number of carbonyl (C=O) groups excluding carboxylic acids is 2. The van der Waals surface area contributed by atoms with Gasteiger partial charge in [0.2, 0.25) is 5.91 Å². The van der Waals surface area contributed by atoms with E-state index in [1.807, 2.05) is 37.3 Å². The summed E-state index contributed by atoms with van der Waals surface area (Å²) in [5.74, 6) is 0.925. The third-order valence-electron chi connectivity index (χ3n) is 5.14. The smallest absolute Gasteiger partial charge is 0.222 e. The lowest BCUT2D eigenvalue weighted by atomic mass is 10.0. The molecule has 0 fully saturated rings. The largest absolute Gasteiger partial charge is 0.494 e. The Bertz CT molecular complexity index is 979. The Morgan fingerprint density at radius 3 is 2.38 bits per heavy atom. The summed E-state index contributed by atoms with van der Waals surface area (Å²) in [7, 11) is 3.54. The molecular weight excluding hydrogens is 424 g/mol. The van der Waals surface area contributed by atoms with E-state index in [0.29, 0.717) is 19.4 Å². The van der Waals surface area contributed by atoms with Gasteiger partial charge in [0.25, 0.3) is 0 Å². The monoisotopic (exact) mass is 464 g/mol. The summed E-state index contributed by atoms with van der Waals surface area (Å²) in [4.78, 5) is 25.6. The van der Waals surface area contributed by atoms with Gasteiger partial charge in [0.1, 0.15) is 12.0 Å². The number of aryl methyl sites for hydroxylation is 2. The van der Waals surface area contributed by atoms with Crippen LogP contribution in [0.25, 0.3) is 11.1 Å². The molecule has 1 heterocycles. The standard InChI is InChI=1S/C27H36N2O2.C2H4O/c1-7-10-23(26-19-21(4)25(28-26)11-8-2)18-20(3)22-13-15-24(16-14-22)31-17-9-12-27(30)29(5)6;1-2-3/h7,10,13-16,18-19,28H,3,8-9,11-12,17H2,1-2,4-6H3;2H,1H3/b10-7-,23-18+;. The zero-order valence-corrected chi connectivity index (χ0v) is 21.6. The summed E-state index contributed by atoms with van der Waals surface area (Å²) in [6.45, 7) is 12.6. The summed E-state index contributed by atoms with van der Waals surface area (Å²) in [5, 5.41) is 0. The normalized spacial score (nSPS) is 11.1. The van der Waals surface area contributed by atoms with Crippen molar-refractivity contribution in [2.75, 3.05) is 20.7 Å². The zero-order chi connectivity index (χ0) is 25.5. The maximum absolute atomic E-state index is 11.6. The molecular formula is C29H40N2O3. The SMILES string of the molecule is C=C(/C=C(\C=C/C)c1cc(C)c(CCC)[nH]1)c1ccc(OCCCC(=O)N(C)C)cc1.CC=O. The van der Waals surface area contributed by atoms with Crippen LogP contribution in [0.3, 0.4) is 0 Å². The Hall–Kier alpha value is -3.34. The van der Waals surface area contributed by atoms with Crippen molar-refractivity contribution < 1.29 is 14.3 Å². The van der Waals surface area contributed by atoms with Gasteiger partial charge in [-0.15, -0.1) is 0 Å². The first kappa shape index (κ1) is 28.7. The second-order valence-corrected chi connectivity index (χ2v) is 8.22. The topological polar surface area (TPSA) is 62.4 Å². The van der Waals surface area contributed by atoms with Gasteiger partial charge in [0, 0.05) is 31.9 Å². The summed E-state index contributed by atoms with van der Waals surface area (Å²) < 4.78 is 5.77. The molecule has 1 amide bonds. The van der Waals surface area contributed by atoms with Gasteiger partial charge < -0.3 is 19.4 Å². The van der Waals surface area contributed by atoms with E-state index in [2.05, 4.69) is 43.6 Å². The minimum Gasteiger partial charge on any atom is -0.494 e. The van der Waals surface area contributed by atoms with E-state index in [1.54, 1.807) is 19.0 Å². The number of aromatic nitrogens is 1. The highest BCUT2D eigenvalue weighted by molar-refractivity contribution is 5.86. The van der Waals surface area contributed by atoms with Crippen molar-refractivity contribution in [2.45, 2.75) is 53.4 Å². The van der Waals surface area contributed by atoms with Crippen LogP contribution in [0.2, 0.25) is 0 Å². The van der Waals surface area contributed by atoms with Gasteiger partial charge in [-0.05, 0) is 80.2 Å². The van der Waals surface area contributed by atoms with Crippen LogP contribution in [-0.4, -0.2) is 42.8 Å². The van der Waals surface area contributed by atoms with Crippen LogP contribution < -0.4 is 4.74 Å². The van der Waals surface area contributed by atoms with E-state index in [-0.39, 0.29) is 5.91 Å². The summed E-state index contributed by atoms with van der Waals surface area (Å²) in [6, 6.07) is 10.2. The molecule has 0 saturated heterocycles. The number of benzene rings is 1. The first-order valence-electron chi connectivity index (χ1n) is 11.8. The van der Waals surface area contributed by atoms with Crippen LogP contribution in [0.4, 0.5) is 0 Å². The molecule has 2 rings (SSSR count). The molecule has 1 aromatic heterocycles. The summed E-state index contributed by atoms with van der Waals surface area (Å²) in [5.41, 5.74) is 6.82. The molecule has 184 valence electrons. The van der Waals surface area contributed by atoms with Crippen LogP contribution in [0, 0.1) is 6.92 Å². The first-order valence-corrected chi connectivity index (χ1v) is 11.8. The second-order valence-electron chi connectivity index (χ2n) is 8.22. The maximum Gasteiger partial charge on any atom is 0.222 e. The fraction of sp³-hybridized carbons (Fsp3) is 0.379. The van der Waals surface area contributed by atoms with Crippen LogP contribution in [-0.2, 0) is 16.0 Å². The molecule has 0 bridgehead atoms. The van der Waals surface area contributed by atoms with Crippen molar-refractivity contribution in [3.63, 3.8) is 0 Å². The predicted molar refractivity (Wildman–Crippen MR) is 143 cm³/mol. The predicted octanol–water partition coefficient (Wildman–Crippen LogP) is 6.40.